The van der Waals surface area contributed by atoms with Crippen molar-refractivity contribution < 1.29 is 14.3 Å². The first-order valence-electron chi connectivity index (χ1n) is 9.09. The van der Waals surface area contributed by atoms with E-state index in [2.05, 4.69) is 15.6 Å². The average molecular weight is 373 g/mol. The second kappa shape index (κ2) is 7.92. The summed E-state index contributed by atoms with van der Waals surface area (Å²) in [6, 6.07) is 19.8. The van der Waals surface area contributed by atoms with Crippen molar-refractivity contribution in [2.75, 3.05) is 5.32 Å². The van der Waals surface area contributed by atoms with E-state index < -0.39 is 5.91 Å². The number of hydrogen-bond acceptors (Lipinski definition) is 4. The quantitative estimate of drug-likeness (QED) is 0.684. The number of pyridine rings is 1. The van der Waals surface area contributed by atoms with Crippen molar-refractivity contribution in [2.45, 2.75) is 18.9 Å². The summed E-state index contributed by atoms with van der Waals surface area (Å²) in [6.45, 7) is 0. The zero-order valence-corrected chi connectivity index (χ0v) is 15.1. The van der Waals surface area contributed by atoms with Gasteiger partial charge in [-0.05, 0) is 49.2 Å². The minimum absolute atomic E-state index is 0.165. The fourth-order valence-electron chi connectivity index (χ4n) is 2.65. The van der Waals surface area contributed by atoms with Crippen molar-refractivity contribution in [3.8, 4) is 11.5 Å². The van der Waals surface area contributed by atoms with Gasteiger partial charge in [-0.2, -0.15) is 0 Å². The van der Waals surface area contributed by atoms with Crippen LogP contribution in [0, 0.1) is 0 Å². The number of hydrogen-bond donors (Lipinski definition) is 2. The summed E-state index contributed by atoms with van der Waals surface area (Å²) in [5.41, 5.74) is 1.10. The molecule has 28 heavy (non-hydrogen) atoms. The van der Waals surface area contributed by atoms with E-state index in [-0.39, 0.29) is 17.6 Å². The molecular formula is C22H19N3O3. The van der Waals surface area contributed by atoms with Crippen molar-refractivity contribution in [2.24, 2.45) is 0 Å². The Morgan fingerprint density at radius 2 is 1.68 bits per heavy atom. The van der Waals surface area contributed by atoms with E-state index in [1.54, 1.807) is 24.3 Å². The average Bonchev–Trinajstić information content (AvgIpc) is 3.54. The summed E-state index contributed by atoms with van der Waals surface area (Å²) in [6.07, 6.45) is 3.47. The molecule has 2 aromatic carbocycles. The highest BCUT2D eigenvalue weighted by Crippen LogP contribution is 2.29. The summed E-state index contributed by atoms with van der Waals surface area (Å²) in [5.74, 6) is 0.586. The first kappa shape index (κ1) is 17.7. The Kier molecular flexibility index (Phi) is 5.01. The third kappa shape index (κ3) is 4.35. The number of nitrogens with one attached hydrogen (secondary N) is 2. The molecule has 1 saturated carbocycles. The zero-order valence-electron chi connectivity index (χ0n) is 15.1. The predicted octanol–water partition coefficient (Wildman–Crippen LogP) is 4.02. The van der Waals surface area contributed by atoms with E-state index in [0.717, 1.165) is 12.8 Å². The first-order chi connectivity index (χ1) is 13.7. The lowest BCUT2D eigenvalue weighted by atomic mass is 10.2. The van der Waals surface area contributed by atoms with Gasteiger partial charge in [-0.15, -0.1) is 0 Å². The maximum atomic E-state index is 12.7. The number of aromatic nitrogens is 1. The van der Waals surface area contributed by atoms with Gasteiger partial charge >= 0.3 is 0 Å². The Morgan fingerprint density at radius 1 is 0.929 bits per heavy atom. The third-order valence-corrected chi connectivity index (χ3v) is 4.27. The van der Waals surface area contributed by atoms with Gasteiger partial charge in [0.1, 0.15) is 11.4 Å². The molecule has 2 N–H and O–H groups in total. The number of anilines is 1. The highest BCUT2D eigenvalue weighted by Gasteiger charge is 2.24. The van der Waals surface area contributed by atoms with Crippen LogP contribution < -0.4 is 15.4 Å². The normalized spacial score (nSPS) is 12.9. The first-order valence-corrected chi connectivity index (χ1v) is 9.09. The summed E-state index contributed by atoms with van der Waals surface area (Å²) in [7, 11) is 0. The van der Waals surface area contributed by atoms with Crippen LogP contribution in [-0.2, 0) is 0 Å². The van der Waals surface area contributed by atoms with Crippen molar-refractivity contribution in [3.05, 3.63) is 84.2 Å². The van der Waals surface area contributed by atoms with Gasteiger partial charge in [-0.25, -0.2) is 0 Å². The molecule has 0 radical (unpaired) electrons. The summed E-state index contributed by atoms with van der Waals surface area (Å²) in [4.78, 5) is 29.0. The molecule has 140 valence electrons. The van der Waals surface area contributed by atoms with Crippen molar-refractivity contribution in [1.82, 2.24) is 10.3 Å². The van der Waals surface area contributed by atoms with Crippen molar-refractivity contribution >= 4 is 17.5 Å². The number of ether oxygens (including phenoxy) is 1. The van der Waals surface area contributed by atoms with Crippen molar-refractivity contribution in [3.63, 3.8) is 0 Å². The largest absolute Gasteiger partial charge is 0.455 e. The van der Waals surface area contributed by atoms with E-state index in [9.17, 15) is 9.59 Å². The number of benzene rings is 2. The van der Waals surface area contributed by atoms with Crippen LogP contribution in [-0.4, -0.2) is 22.8 Å². The van der Waals surface area contributed by atoms with Crippen LogP contribution in [0.3, 0.4) is 0 Å². The van der Waals surface area contributed by atoms with Gasteiger partial charge in [0.25, 0.3) is 11.8 Å². The lowest BCUT2D eigenvalue weighted by Crippen LogP contribution is -2.26. The molecule has 6 heteroatoms. The fourth-order valence-corrected chi connectivity index (χ4v) is 2.65. The predicted molar refractivity (Wildman–Crippen MR) is 106 cm³/mol. The number of rotatable bonds is 6. The van der Waals surface area contributed by atoms with E-state index in [1.807, 2.05) is 36.4 Å². The number of amides is 2. The molecule has 0 atom stereocenters. The lowest BCUT2D eigenvalue weighted by Gasteiger charge is -2.12. The maximum absolute atomic E-state index is 12.7. The number of carbonyl (C=O) groups is 2. The summed E-state index contributed by atoms with van der Waals surface area (Å²) in [5, 5.41) is 5.71. The second-order valence-electron chi connectivity index (χ2n) is 6.54. The molecule has 0 spiro atoms. The highest BCUT2D eigenvalue weighted by molar-refractivity contribution is 6.05. The van der Waals surface area contributed by atoms with E-state index in [0.29, 0.717) is 22.7 Å². The van der Waals surface area contributed by atoms with Crippen LogP contribution in [0.25, 0.3) is 0 Å². The Morgan fingerprint density at radius 3 is 2.46 bits per heavy atom. The van der Waals surface area contributed by atoms with E-state index >= 15 is 0 Å². The molecule has 0 aliphatic heterocycles. The lowest BCUT2D eigenvalue weighted by molar-refractivity contribution is 0.0951. The molecule has 1 fully saturated rings. The van der Waals surface area contributed by atoms with Crippen molar-refractivity contribution in [1.29, 1.82) is 0 Å². The molecule has 0 unspecified atom stereocenters. The number of nitrogens with zero attached hydrogens (tertiary/aromatic N) is 1. The molecule has 0 saturated heterocycles. The summed E-state index contributed by atoms with van der Waals surface area (Å²) >= 11 is 0. The second-order valence-corrected chi connectivity index (χ2v) is 6.54. The van der Waals surface area contributed by atoms with Gasteiger partial charge < -0.3 is 15.4 Å². The van der Waals surface area contributed by atoms with Gasteiger partial charge in [-0.1, -0.05) is 30.3 Å². The van der Waals surface area contributed by atoms with Crippen LogP contribution in [0.1, 0.15) is 33.7 Å². The van der Waals surface area contributed by atoms with Gasteiger partial charge in [-0.3, -0.25) is 14.6 Å². The van der Waals surface area contributed by atoms with Gasteiger partial charge in [0, 0.05) is 17.8 Å². The molecule has 1 aliphatic rings. The molecule has 1 aliphatic carbocycles. The Balaban J connectivity index is 1.50. The van der Waals surface area contributed by atoms with Crippen LogP contribution in [0.15, 0.2) is 72.9 Å². The minimum atomic E-state index is -0.412. The molecule has 6 nitrogen and oxygen atoms in total. The van der Waals surface area contributed by atoms with Crippen LogP contribution in [0.4, 0.5) is 5.69 Å². The monoisotopic (exact) mass is 373 g/mol. The molecule has 4 rings (SSSR count). The van der Waals surface area contributed by atoms with Crippen LogP contribution in [0.5, 0.6) is 11.5 Å². The Bertz CT molecular complexity index is 1000. The Hall–Kier alpha value is -3.67. The molecular weight excluding hydrogens is 354 g/mol. The van der Waals surface area contributed by atoms with Gasteiger partial charge in [0.2, 0.25) is 0 Å². The van der Waals surface area contributed by atoms with Crippen LogP contribution in [0.2, 0.25) is 0 Å². The highest BCUT2D eigenvalue weighted by atomic mass is 16.5. The van der Waals surface area contributed by atoms with E-state index in [1.165, 1.54) is 12.3 Å². The molecule has 1 aromatic heterocycles. The molecule has 3 aromatic rings. The molecule has 2 amide bonds. The number of carbonyl (C=O) groups excluding carboxylic acids is 2. The van der Waals surface area contributed by atoms with Gasteiger partial charge in [0.05, 0.1) is 5.69 Å². The standard InChI is InChI=1S/C22H19N3O3/c26-21(24-16-10-11-16)15-12-13-23-19(14-15)22(27)25-18-8-4-5-9-20(18)28-17-6-2-1-3-7-17/h1-9,12-14,16H,10-11H2,(H,24,26)(H,25,27). The Labute approximate surface area is 162 Å². The fraction of sp³-hybridized carbons (Fsp3) is 0.136. The van der Waals surface area contributed by atoms with Gasteiger partial charge in [0.15, 0.2) is 5.75 Å². The summed E-state index contributed by atoms with van der Waals surface area (Å²) < 4.78 is 5.86. The minimum Gasteiger partial charge on any atom is -0.455 e. The smallest absolute Gasteiger partial charge is 0.274 e. The maximum Gasteiger partial charge on any atom is 0.274 e. The third-order valence-electron chi connectivity index (χ3n) is 4.27. The molecule has 1 heterocycles. The van der Waals surface area contributed by atoms with Crippen LogP contribution >= 0.6 is 0 Å². The zero-order chi connectivity index (χ0) is 19.3. The van der Waals surface area contributed by atoms with E-state index in [4.69, 9.17) is 4.74 Å². The SMILES string of the molecule is O=C(NC1CC1)c1ccnc(C(=O)Nc2ccccc2Oc2ccccc2)c1. The number of para-hydroxylation sites is 3. The molecule has 0 bridgehead atoms. The topological polar surface area (TPSA) is 80.3 Å².